The Hall–Kier alpha value is -3.26. The molecule has 8 nitrogen and oxygen atoms in total. The zero-order valence-corrected chi connectivity index (χ0v) is 17.9. The van der Waals surface area contributed by atoms with Gasteiger partial charge in [0.15, 0.2) is 11.5 Å². The zero-order chi connectivity index (χ0) is 22.1. The lowest BCUT2D eigenvalue weighted by Gasteiger charge is -2.31. The number of benzene rings is 2. The minimum absolute atomic E-state index is 0.0591. The predicted molar refractivity (Wildman–Crippen MR) is 119 cm³/mol. The van der Waals surface area contributed by atoms with E-state index >= 15 is 0 Å². The molecule has 1 saturated heterocycles. The van der Waals surface area contributed by atoms with Crippen LogP contribution in [0.15, 0.2) is 48.5 Å². The number of carbonyl (C=O) groups is 2. The fourth-order valence-corrected chi connectivity index (χ4v) is 3.42. The fourth-order valence-electron chi connectivity index (χ4n) is 3.42. The van der Waals surface area contributed by atoms with E-state index in [1.165, 1.54) is 0 Å². The third-order valence-electron chi connectivity index (χ3n) is 5.15. The third kappa shape index (κ3) is 6.36. The van der Waals surface area contributed by atoms with Crippen LogP contribution in [-0.4, -0.2) is 57.4 Å². The van der Waals surface area contributed by atoms with Crippen LogP contribution in [0.5, 0.6) is 11.5 Å². The number of urea groups is 1. The number of rotatable bonds is 8. The molecule has 2 N–H and O–H groups in total. The van der Waals surface area contributed by atoms with Crippen LogP contribution < -0.4 is 20.1 Å². The van der Waals surface area contributed by atoms with E-state index < -0.39 is 0 Å². The average Bonchev–Trinajstić information content (AvgIpc) is 2.80. The molecule has 0 aliphatic carbocycles. The third-order valence-corrected chi connectivity index (χ3v) is 5.15. The summed E-state index contributed by atoms with van der Waals surface area (Å²) in [5, 5.41) is 5.84. The van der Waals surface area contributed by atoms with Crippen LogP contribution >= 0.6 is 0 Å². The number of nitrogens with one attached hydrogen (secondary N) is 2. The second kappa shape index (κ2) is 11.2. The molecule has 2 aromatic carbocycles. The number of likely N-dealkylation sites (tertiary alicyclic amines) is 1. The van der Waals surface area contributed by atoms with Crippen molar-refractivity contribution in [2.45, 2.75) is 12.8 Å². The highest BCUT2D eigenvalue weighted by atomic mass is 16.5. The number of amides is 3. The van der Waals surface area contributed by atoms with Crippen molar-refractivity contribution in [3.63, 3.8) is 0 Å². The van der Waals surface area contributed by atoms with Crippen molar-refractivity contribution in [1.82, 2.24) is 4.90 Å². The van der Waals surface area contributed by atoms with Gasteiger partial charge in [0.25, 0.3) is 0 Å². The summed E-state index contributed by atoms with van der Waals surface area (Å²) in [6.45, 7) is 1.90. The van der Waals surface area contributed by atoms with Crippen LogP contribution in [0.2, 0.25) is 0 Å². The van der Waals surface area contributed by atoms with Gasteiger partial charge in [-0.05, 0) is 37.1 Å². The normalized spacial score (nSPS) is 14.1. The van der Waals surface area contributed by atoms with Gasteiger partial charge in [-0.15, -0.1) is 0 Å². The van der Waals surface area contributed by atoms with Crippen LogP contribution in [0.1, 0.15) is 12.8 Å². The molecule has 0 saturated carbocycles. The maximum absolute atomic E-state index is 12.7. The summed E-state index contributed by atoms with van der Waals surface area (Å²) in [6, 6.07) is 14.5. The second-order valence-electron chi connectivity index (χ2n) is 7.25. The van der Waals surface area contributed by atoms with E-state index in [1.807, 2.05) is 30.3 Å². The van der Waals surface area contributed by atoms with Crippen LogP contribution in [-0.2, 0) is 9.53 Å². The zero-order valence-electron chi connectivity index (χ0n) is 17.9. The number of nitrogens with zero attached hydrogens (tertiary/aromatic N) is 1. The molecule has 2 aromatic rings. The predicted octanol–water partition coefficient (Wildman–Crippen LogP) is 3.60. The van der Waals surface area contributed by atoms with E-state index in [9.17, 15) is 9.59 Å². The molecule has 31 heavy (non-hydrogen) atoms. The van der Waals surface area contributed by atoms with Crippen LogP contribution in [0.3, 0.4) is 0 Å². The SMILES string of the molecule is COCCOc1cc(NC(=O)C2CCN(C(=O)Nc3ccccc3)CC2)ccc1OC. The Bertz CT molecular complexity index is 867. The number of ether oxygens (including phenoxy) is 3. The van der Waals surface area contributed by atoms with Gasteiger partial charge < -0.3 is 29.7 Å². The van der Waals surface area contributed by atoms with Gasteiger partial charge in [0.05, 0.1) is 13.7 Å². The van der Waals surface area contributed by atoms with Crippen LogP contribution in [0.4, 0.5) is 16.2 Å². The van der Waals surface area contributed by atoms with Crippen molar-refractivity contribution >= 4 is 23.3 Å². The summed E-state index contributed by atoms with van der Waals surface area (Å²) in [5.74, 6) is 0.924. The van der Waals surface area contributed by atoms with Crippen molar-refractivity contribution in [1.29, 1.82) is 0 Å². The Balaban J connectivity index is 1.51. The second-order valence-corrected chi connectivity index (χ2v) is 7.25. The summed E-state index contributed by atoms with van der Waals surface area (Å²) < 4.78 is 16.0. The number of anilines is 2. The number of piperidine rings is 1. The highest BCUT2D eigenvalue weighted by molar-refractivity contribution is 5.93. The van der Waals surface area contributed by atoms with Gasteiger partial charge in [0, 0.05) is 43.6 Å². The minimum atomic E-state index is -0.152. The largest absolute Gasteiger partial charge is 0.493 e. The average molecular weight is 428 g/mol. The summed E-state index contributed by atoms with van der Waals surface area (Å²) in [7, 11) is 3.17. The molecule has 8 heteroatoms. The number of hydrogen-bond donors (Lipinski definition) is 2. The molecule has 0 atom stereocenters. The van der Waals surface area contributed by atoms with E-state index in [0.717, 1.165) is 5.69 Å². The lowest BCUT2D eigenvalue weighted by molar-refractivity contribution is -0.121. The molecule has 3 rings (SSSR count). The molecule has 166 valence electrons. The van der Waals surface area contributed by atoms with E-state index in [0.29, 0.717) is 56.3 Å². The van der Waals surface area contributed by atoms with Gasteiger partial charge >= 0.3 is 6.03 Å². The van der Waals surface area contributed by atoms with Crippen molar-refractivity contribution in [2.75, 3.05) is 51.2 Å². The van der Waals surface area contributed by atoms with Crippen molar-refractivity contribution in [3.05, 3.63) is 48.5 Å². The lowest BCUT2D eigenvalue weighted by Crippen LogP contribution is -2.43. The molecule has 0 aromatic heterocycles. The number of carbonyl (C=O) groups excluding carboxylic acids is 2. The van der Waals surface area contributed by atoms with Gasteiger partial charge in [0.1, 0.15) is 6.61 Å². The van der Waals surface area contributed by atoms with Crippen LogP contribution in [0.25, 0.3) is 0 Å². The summed E-state index contributed by atoms with van der Waals surface area (Å²) in [6.07, 6.45) is 1.22. The first kappa shape index (κ1) is 22.4. The van der Waals surface area contributed by atoms with Gasteiger partial charge in [-0.2, -0.15) is 0 Å². The molecule has 0 unspecified atom stereocenters. The van der Waals surface area contributed by atoms with Crippen molar-refractivity contribution < 1.29 is 23.8 Å². The van der Waals surface area contributed by atoms with Crippen LogP contribution in [0, 0.1) is 5.92 Å². The lowest BCUT2D eigenvalue weighted by atomic mass is 9.96. The molecule has 0 spiro atoms. The number of methoxy groups -OCH3 is 2. The Morgan fingerprint density at radius 3 is 2.35 bits per heavy atom. The molecule has 3 amide bonds. The molecule has 1 aliphatic rings. The summed E-state index contributed by atoms with van der Waals surface area (Å²) in [4.78, 5) is 26.9. The molecule has 0 bridgehead atoms. The Labute approximate surface area is 182 Å². The highest BCUT2D eigenvalue weighted by Crippen LogP contribution is 2.31. The smallest absolute Gasteiger partial charge is 0.321 e. The Kier molecular flexibility index (Phi) is 8.12. The first-order valence-electron chi connectivity index (χ1n) is 10.3. The topological polar surface area (TPSA) is 89.1 Å². The van der Waals surface area contributed by atoms with Crippen molar-refractivity contribution in [2.24, 2.45) is 5.92 Å². The molecule has 1 aliphatic heterocycles. The fraction of sp³-hybridized carbons (Fsp3) is 0.391. The van der Waals surface area contributed by atoms with E-state index in [-0.39, 0.29) is 17.9 Å². The van der Waals surface area contributed by atoms with Gasteiger partial charge in [0.2, 0.25) is 5.91 Å². The molecular weight excluding hydrogens is 398 g/mol. The first-order valence-corrected chi connectivity index (χ1v) is 10.3. The van der Waals surface area contributed by atoms with Gasteiger partial charge in [-0.3, -0.25) is 4.79 Å². The van der Waals surface area contributed by atoms with Crippen molar-refractivity contribution in [3.8, 4) is 11.5 Å². The number of para-hydroxylation sites is 1. The monoisotopic (exact) mass is 427 g/mol. The molecule has 0 radical (unpaired) electrons. The standard InChI is InChI=1S/C23H29N3O5/c1-29-14-15-31-21-16-19(8-9-20(21)30-2)24-22(27)17-10-12-26(13-11-17)23(28)25-18-6-4-3-5-7-18/h3-9,16-17H,10-15H2,1-2H3,(H,24,27)(H,25,28). The number of hydrogen-bond acceptors (Lipinski definition) is 5. The molecular formula is C23H29N3O5. The summed E-state index contributed by atoms with van der Waals surface area (Å²) in [5.41, 5.74) is 1.40. The van der Waals surface area contributed by atoms with E-state index in [2.05, 4.69) is 10.6 Å². The van der Waals surface area contributed by atoms with E-state index in [1.54, 1.807) is 37.3 Å². The maximum atomic E-state index is 12.7. The highest BCUT2D eigenvalue weighted by Gasteiger charge is 2.27. The minimum Gasteiger partial charge on any atom is -0.493 e. The molecule has 1 heterocycles. The van der Waals surface area contributed by atoms with E-state index in [4.69, 9.17) is 14.2 Å². The van der Waals surface area contributed by atoms with Gasteiger partial charge in [-0.25, -0.2) is 4.79 Å². The molecule has 1 fully saturated rings. The first-order chi connectivity index (χ1) is 15.1. The summed E-state index contributed by atoms with van der Waals surface area (Å²) >= 11 is 0. The quantitative estimate of drug-likeness (QED) is 0.629. The Morgan fingerprint density at radius 2 is 1.68 bits per heavy atom. The maximum Gasteiger partial charge on any atom is 0.321 e. The Morgan fingerprint density at radius 1 is 0.935 bits per heavy atom. The van der Waals surface area contributed by atoms with Gasteiger partial charge in [-0.1, -0.05) is 18.2 Å².